The zero-order valence-corrected chi connectivity index (χ0v) is 18.4. The molecule has 1 fully saturated rings. The lowest BCUT2D eigenvalue weighted by Gasteiger charge is -2.14. The highest BCUT2D eigenvalue weighted by Gasteiger charge is 2.18. The van der Waals surface area contributed by atoms with Crippen molar-refractivity contribution in [3.63, 3.8) is 0 Å². The Balaban J connectivity index is 1.54. The number of rotatable bonds is 10. The van der Waals surface area contributed by atoms with Crippen LogP contribution < -0.4 is 29.6 Å². The molecule has 3 rings (SSSR count). The fraction of sp³-hybridized carbons (Fsp3) is 0.391. The predicted octanol–water partition coefficient (Wildman–Crippen LogP) is 2.64. The molecule has 0 aliphatic carbocycles. The molecule has 1 atom stereocenters. The minimum Gasteiger partial charge on any atom is -0.493 e. The maximum atomic E-state index is 12.5. The summed E-state index contributed by atoms with van der Waals surface area (Å²) in [7, 11) is 4.41. The lowest BCUT2D eigenvalue weighted by molar-refractivity contribution is -0.115. The molecule has 1 saturated heterocycles. The van der Waals surface area contributed by atoms with Crippen LogP contribution in [0.5, 0.6) is 23.0 Å². The number of methoxy groups -OCH3 is 3. The standard InChI is InChI=1S/C23H28N2O7/c1-28-19-10-15(11-20(29-2)22(19)30-3)23(27)24-13-21(26)25-16-6-4-7-17(12-16)32-14-18-8-5-9-31-18/h4,6-7,10-12,18H,5,8-9,13-14H2,1-3H3,(H,24,27)(H,25,26)/t18-/m0/s1. The summed E-state index contributed by atoms with van der Waals surface area (Å²) in [6, 6.07) is 10.1. The predicted molar refractivity (Wildman–Crippen MR) is 118 cm³/mol. The van der Waals surface area contributed by atoms with Crippen LogP contribution in [-0.2, 0) is 9.53 Å². The number of benzene rings is 2. The second-order valence-corrected chi connectivity index (χ2v) is 7.12. The van der Waals surface area contributed by atoms with E-state index >= 15 is 0 Å². The third-order valence-corrected chi connectivity index (χ3v) is 4.91. The molecule has 0 unspecified atom stereocenters. The number of nitrogens with one attached hydrogen (secondary N) is 2. The first kappa shape index (κ1) is 23.2. The van der Waals surface area contributed by atoms with E-state index in [1.54, 1.807) is 18.2 Å². The van der Waals surface area contributed by atoms with E-state index in [9.17, 15) is 9.59 Å². The van der Waals surface area contributed by atoms with Crippen LogP contribution in [0.4, 0.5) is 5.69 Å². The van der Waals surface area contributed by atoms with E-state index < -0.39 is 5.91 Å². The van der Waals surface area contributed by atoms with Gasteiger partial charge in [-0.1, -0.05) is 6.07 Å². The molecule has 2 aromatic rings. The third kappa shape index (κ3) is 6.04. The molecule has 0 radical (unpaired) electrons. The first-order chi connectivity index (χ1) is 15.5. The van der Waals surface area contributed by atoms with Gasteiger partial charge in [0.25, 0.3) is 5.91 Å². The number of carbonyl (C=O) groups is 2. The minimum absolute atomic E-state index is 0.110. The lowest BCUT2D eigenvalue weighted by Crippen LogP contribution is -2.32. The number of anilines is 1. The molecule has 0 aromatic heterocycles. The van der Waals surface area contributed by atoms with Gasteiger partial charge in [-0.05, 0) is 37.1 Å². The molecule has 9 nitrogen and oxygen atoms in total. The smallest absolute Gasteiger partial charge is 0.251 e. The fourth-order valence-corrected chi connectivity index (χ4v) is 3.31. The summed E-state index contributed by atoms with van der Waals surface area (Å²) in [6.45, 7) is 1.03. The maximum absolute atomic E-state index is 12.5. The van der Waals surface area contributed by atoms with E-state index in [2.05, 4.69) is 10.6 Å². The Labute approximate surface area is 186 Å². The van der Waals surface area contributed by atoms with E-state index in [-0.39, 0.29) is 24.1 Å². The Morgan fingerprint density at radius 1 is 1.06 bits per heavy atom. The van der Waals surface area contributed by atoms with Gasteiger partial charge in [-0.15, -0.1) is 0 Å². The molecule has 32 heavy (non-hydrogen) atoms. The van der Waals surface area contributed by atoms with Crippen molar-refractivity contribution < 1.29 is 33.3 Å². The molecule has 0 bridgehead atoms. The van der Waals surface area contributed by atoms with Crippen molar-refractivity contribution in [1.82, 2.24) is 5.32 Å². The SMILES string of the molecule is COc1cc(C(=O)NCC(=O)Nc2cccc(OC[C@@H]3CCCO3)c2)cc(OC)c1OC. The number of ether oxygens (including phenoxy) is 5. The van der Waals surface area contributed by atoms with Gasteiger partial charge >= 0.3 is 0 Å². The highest BCUT2D eigenvalue weighted by molar-refractivity contribution is 6.00. The van der Waals surface area contributed by atoms with Gasteiger partial charge in [0.2, 0.25) is 11.7 Å². The Morgan fingerprint density at radius 2 is 1.81 bits per heavy atom. The van der Waals surface area contributed by atoms with Crippen LogP contribution in [-0.4, -0.2) is 59.0 Å². The van der Waals surface area contributed by atoms with Gasteiger partial charge in [0, 0.05) is 23.9 Å². The molecular formula is C23H28N2O7. The molecule has 9 heteroatoms. The molecule has 0 spiro atoms. The Kier molecular flexibility index (Phi) is 8.15. The van der Waals surface area contributed by atoms with E-state index in [0.717, 1.165) is 19.4 Å². The summed E-state index contributed by atoms with van der Waals surface area (Å²) in [5.74, 6) is 0.892. The first-order valence-electron chi connectivity index (χ1n) is 10.3. The highest BCUT2D eigenvalue weighted by Crippen LogP contribution is 2.38. The first-order valence-corrected chi connectivity index (χ1v) is 10.3. The van der Waals surface area contributed by atoms with Crippen LogP contribution in [0.15, 0.2) is 36.4 Å². The quantitative estimate of drug-likeness (QED) is 0.581. The Bertz CT molecular complexity index is 917. The second-order valence-electron chi connectivity index (χ2n) is 7.12. The normalized spacial score (nSPS) is 15.0. The van der Waals surface area contributed by atoms with Crippen LogP contribution >= 0.6 is 0 Å². The summed E-state index contributed by atoms with van der Waals surface area (Å²) >= 11 is 0. The summed E-state index contributed by atoms with van der Waals surface area (Å²) in [5, 5.41) is 5.33. The van der Waals surface area contributed by atoms with Gasteiger partial charge in [0.1, 0.15) is 12.4 Å². The van der Waals surface area contributed by atoms with Crippen LogP contribution in [0.3, 0.4) is 0 Å². The molecular weight excluding hydrogens is 416 g/mol. The van der Waals surface area contributed by atoms with E-state index in [1.165, 1.54) is 33.5 Å². The van der Waals surface area contributed by atoms with Gasteiger partial charge in [0.15, 0.2) is 11.5 Å². The minimum atomic E-state index is -0.451. The monoisotopic (exact) mass is 444 g/mol. The van der Waals surface area contributed by atoms with Crippen molar-refractivity contribution in [3.8, 4) is 23.0 Å². The fourth-order valence-electron chi connectivity index (χ4n) is 3.31. The Hall–Kier alpha value is -3.46. The van der Waals surface area contributed by atoms with Crippen LogP contribution in [0.2, 0.25) is 0 Å². The second kappa shape index (κ2) is 11.2. The molecule has 1 aliphatic heterocycles. The van der Waals surface area contributed by atoms with E-state index in [1.807, 2.05) is 6.07 Å². The number of hydrogen-bond acceptors (Lipinski definition) is 7. The van der Waals surface area contributed by atoms with Gasteiger partial charge < -0.3 is 34.3 Å². The van der Waals surface area contributed by atoms with Gasteiger partial charge in [-0.3, -0.25) is 9.59 Å². The molecule has 0 saturated carbocycles. The summed E-state index contributed by atoms with van der Waals surface area (Å²) in [6.07, 6.45) is 2.15. The molecule has 1 aliphatic rings. The summed E-state index contributed by atoms with van der Waals surface area (Å²) < 4.78 is 27.1. The van der Waals surface area contributed by atoms with Crippen molar-refractivity contribution in [2.24, 2.45) is 0 Å². The number of carbonyl (C=O) groups excluding carboxylic acids is 2. The van der Waals surface area contributed by atoms with Gasteiger partial charge in [-0.25, -0.2) is 0 Å². The lowest BCUT2D eigenvalue weighted by atomic mass is 10.1. The van der Waals surface area contributed by atoms with Gasteiger partial charge in [0.05, 0.1) is 34.0 Å². The average molecular weight is 444 g/mol. The molecule has 2 amide bonds. The number of amides is 2. The molecule has 1 heterocycles. The average Bonchev–Trinajstić information content (AvgIpc) is 3.34. The Morgan fingerprint density at radius 3 is 2.44 bits per heavy atom. The van der Waals surface area contributed by atoms with Crippen LogP contribution in [0, 0.1) is 0 Å². The van der Waals surface area contributed by atoms with Crippen molar-refractivity contribution in [2.75, 3.05) is 46.4 Å². The van der Waals surface area contributed by atoms with Gasteiger partial charge in [-0.2, -0.15) is 0 Å². The molecule has 172 valence electrons. The molecule has 2 aromatic carbocycles. The summed E-state index contributed by atoms with van der Waals surface area (Å²) in [4.78, 5) is 24.8. The van der Waals surface area contributed by atoms with Crippen LogP contribution in [0.25, 0.3) is 0 Å². The summed E-state index contributed by atoms with van der Waals surface area (Å²) in [5.41, 5.74) is 0.846. The maximum Gasteiger partial charge on any atom is 0.251 e. The zero-order chi connectivity index (χ0) is 22.9. The van der Waals surface area contributed by atoms with E-state index in [4.69, 9.17) is 23.7 Å². The topological polar surface area (TPSA) is 104 Å². The van der Waals surface area contributed by atoms with Crippen molar-refractivity contribution in [3.05, 3.63) is 42.0 Å². The number of hydrogen-bond donors (Lipinski definition) is 2. The van der Waals surface area contributed by atoms with E-state index in [0.29, 0.717) is 35.3 Å². The van der Waals surface area contributed by atoms with Crippen molar-refractivity contribution >= 4 is 17.5 Å². The largest absolute Gasteiger partial charge is 0.493 e. The highest BCUT2D eigenvalue weighted by atomic mass is 16.5. The van der Waals surface area contributed by atoms with Crippen molar-refractivity contribution in [2.45, 2.75) is 18.9 Å². The van der Waals surface area contributed by atoms with Crippen molar-refractivity contribution in [1.29, 1.82) is 0 Å². The zero-order valence-electron chi connectivity index (χ0n) is 18.4. The van der Waals surface area contributed by atoms with Crippen LogP contribution in [0.1, 0.15) is 23.2 Å². The third-order valence-electron chi connectivity index (χ3n) is 4.91. The molecule has 2 N–H and O–H groups in total.